The molecular formula is C28H39N3O5S. The van der Waals surface area contributed by atoms with Gasteiger partial charge in [0.2, 0.25) is 21.8 Å². The molecule has 1 saturated carbocycles. The van der Waals surface area contributed by atoms with E-state index in [-0.39, 0.29) is 24.4 Å². The van der Waals surface area contributed by atoms with Crippen LogP contribution in [0.1, 0.15) is 63.5 Å². The molecule has 0 radical (unpaired) electrons. The summed E-state index contributed by atoms with van der Waals surface area (Å²) >= 11 is 0. The number of nitrogens with zero attached hydrogens (tertiary/aromatic N) is 2. The molecule has 8 nitrogen and oxygen atoms in total. The number of amides is 2. The third-order valence-corrected chi connectivity index (χ3v) is 7.99. The Kier molecular flexibility index (Phi) is 9.59. The topological polar surface area (TPSA) is 96.0 Å². The Morgan fingerprint density at radius 1 is 1.05 bits per heavy atom. The van der Waals surface area contributed by atoms with Crippen LogP contribution in [0.15, 0.2) is 48.5 Å². The van der Waals surface area contributed by atoms with Crippen LogP contribution in [0.3, 0.4) is 0 Å². The predicted octanol–water partition coefficient (Wildman–Crippen LogP) is 4.06. The maximum atomic E-state index is 13.8. The van der Waals surface area contributed by atoms with E-state index in [0.717, 1.165) is 47.4 Å². The van der Waals surface area contributed by atoms with Gasteiger partial charge in [0.05, 0.1) is 19.1 Å². The SMILES string of the molecule is COc1cccc(CN(C(=O)CN(c2ccccc2C(C)C)S(C)(=O)=O)[C@H](C)C(=O)NC2CCCC2)c1. The third kappa shape index (κ3) is 7.47. The molecule has 2 aromatic carbocycles. The summed E-state index contributed by atoms with van der Waals surface area (Å²) in [6, 6.07) is 13.8. The molecule has 0 aliphatic heterocycles. The number of sulfonamides is 1. The number of carbonyl (C=O) groups excluding carboxylic acids is 2. The van der Waals surface area contributed by atoms with Gasteiger partial charge in [-0.25, -0.2) is 8.42 Å². The number of ether oxygens (including phenoxy) is 1. The minimum atomic E-state index is -3.79. The summed E-state index contributed by atoms with van der Waals surface area (Å²) in [7, 11) is -2.22. The van der Waals surface area contributed by atoms with Crippen molar-refractivity contribution in [3.63, 3.8) is 0 Å². The quantitative estimate of drug-likeness (QED) is 0.474. The lowest BCUT2D eigenvalue weighted by Gasteiger charge is -2.33. The van der Waals surface area contributed by atoms with Gasteiger partial charge in [-0.1, -0.05) is 57.0 Å². The van der Waals surface area contributed by atoms with Crippen molar-refractivity contribution in [2.75, 3.05) is 24.2 Å². The molecule has 0 unspecified atom stereocenters. The van der Waals surface area contributed by atoms with Crippen molar-refractivity contribution < 1.29 is 22.7 Å². The number of hydrogen-bond acceptors (Lipinski definition) is 5. The van der Waals surface area contributed by atoms with Crippen LogP contribution in [0, 0.1) is 0 Å². The molecule has 1 aliphatic carbocycles. The van der Waals surface area contributed by atoms with Crippen LogP contribution in [-0.4, -0.2) is 57.1 Å². The fraction of sp³-hybridized carbons (Fsp3) is 0.500. The van der Waals surface area contributed by atoms with E-state index < -0.39 is 28.5 Å². The van der Waals surface area contributed by atoms with Crippen molar-refractivity contribution in [1.82, 2.24) is 10.2 Å². The molecule has 2 aromatic rings. The highest BCUT2D eigenvalue weighted by Crippen LogP contribution is 2.29. The van der Waals surface area contributed by atoms with Gasteiger partial charge >= 0.3 is 0 Å². The average molecular weight is 530 g/mol. The molecule has 1 atom stereocenters. The van der Waals surface area contributed by atoms with Gasteiger partial charge in [-0.3, -0.25) is 13.9 Å². The number of methoxy groups -OCH3 is 1. The van der Waals surface area contributed by atoms with Crippen LogP contribution in [0.5, 0.6) is 5.75 Å². The van der Waals surface area contributed by atoms with E-state index in [1.54, 1.807) is 32.2 Å². The Hall–Kier alpha value is -3.07. The van der Waals surface area contributed by atoms with E-state index in [2.05, 4.69) is 5.32 Å². The molecule has 9 heteroatoms. The van der Waals surface area contributed by atoms with Crippen LogP contribution in [0.25, 0.3) is 0 Å². The summed E-state index contributed by atoms with van der Waals surface area (Å²) in [5, 5.41) is 3.07. The van der Waals surface area contributed by atoms with E-state index in [1.165, 1.54) is 4.90 Å². The van der Waals surface area contributed by atoms with E-state index >= 15 is 0 Å². The second-order valence-electron chi connectivity index (χ2n) is 10.0. The van der Waals surface area contributed by atoms with E-state index in [9.17, 15) is 18.0 Å². The molecule has 0 aromatic heterocycles. The second kappa shape index (κ2) is 12.4. The Balaban J connectivity index is 1.94. The fourth-order valence-corrected chi connectivity index (χ4v) is 5.61. The van der Waals surface area contributed by atoms with Gasteiger partial charge in [-0.05, 0) is 55.0 Å². The molecule has 202 valence electrons. The van der Waals surface area contributed by atoms with Crippen LogP contribution in [0.2, 0.25) is 0 Å². The number of anilines is 1. The lowest BCUT2D eigenvalue weighted by molar-refractivity contribution is -0.139. The first kappa shape index (κ1) is 28.5. The molecule has 0 spiro atoms. The third-order valence-electron chi connectivity index (χ3n) is 6.86. The number of hydrogen-bond donors (Lipinski definition) is 1. The first-order chi connectivity index (χ1) is 17.5. The fourth-order valence-electron chi connectivity index (χ4n) is 4.74. The smallest absolute Gasteiger partial charge is 0.244 e. The lowest BCUT2D eigenvalue weighted by Crippen LogP contribution is -2.52. The van der Waals surface area contributed by atoms with Crippen LogP contribution >= 0.6 is 0 Å². The zero-order valence-electron chi connectivity index (χ0n) is 22.4. The summed E-state index contributed by atoms with van der Waals surface area (Å²) in [6.07, 6.45) is 5.10. The van der Waals surface area contributed by atoms with Crippen molar-refractivity contribution in [1.29, 1.82) is 0 Å². The highest BCUT2D eigenvalue weighted by molar-refractivity contribution is 7.92. The minimum Gasteiger partial charge on any atom is -0.497 e. The van der Waals surface area contributed by atoms with Gasteiger partial charge in [0, 0.05) is 12.6 Å². The van der Waals surface area contributed by atoms with Crippen molar-refractivity contribution in [3.05, 3.63) is 59.7 Å². The van der Waals surface area contributed by atoms with Gasteiger partial charge in [0.25, 0.3) is 0 Å². The highest BCUT2D eigenvalue weighted by Gasteiger charge is 2.32. The van der Waals surface area contributed by atoms with Gasteiger partial charge in [0.1, 0.15) is 18.3 Å². The van der Waals surface area contributed by atoms with E-state index in [4.69, 9.17) is 4.74 Å². The van der Waals surface area contributed by atoms with E-state index in [0.29, 0.717) is 11.4 Å². The van der Waals surface area contributed by atoms with Crippen molar-refractivity contribution >= 4 is 27.5 Å². The maximum absolute atomic E-state index is 13.8. The number of carbonyl (C=O) groups is 2. The predicted molar refractivity (Wildman–Crippen MR) is 146 cm³/mol. The molecular weight excluding hydrogens is 490 g/mol. The Morgan fingerprint density at radius 3 is 2.35 bits per heavy atom. The number of para-hydroxylation sites is 1. The van der Waals surface area contributed by atoms with Crippen molar-refractivity contribution in [3.8, 4) is 5.75 Å². The van der Waals surface area contributed by atoms with Crippen LogP contribution in [0.4, 0.5) is 5.69 Å². The second-order valence-corrected chi connectivity index (χ2v) is 11.9. The molecule has 0 heterocycles. The first-order valence-corrected chi connectivity index (χ1v) is 14.7. The standard InChI is InChI=1S/C28H39N3O5S/c1-20(2)25-15-8-9-16-26(25)31(37(5,34)35)19-27(32)30(18-22-11-10-14-24(17-22)36-4)21(3)28(33)29-23-12-6-7-13-23/h8-11,14-17,20-21,23H,6-7,12-13,18-19H2,1-5H3,(H,29,33)/t21-/m1/s1. The van der Waals surface area contributed by atoms with Crippen molar-refractivity contribution in [2.24, 2.45) is 0 Å². The monoisotopic (exact) mass is 529 g/mol. The first-order valence-electron chi connectivity index (χ1n) is 12.8. The summed E-state index contributed by atoms with van der Waals surface area (Å²) in [6.45, 7) is 5.37. The molecule has 0 saturated heterocycles. The zero-order valence-corrected chi connectivity index (χ0v) is 23.3. The Morgan fingerprint density at radius 2 is 1.73 bits per heavy atom. The largest absolute Gasteiger partial charge is 0.497 e. The Labute approximate surface area is 221 Å². The summed E-state index contributed by atoms with van der Waals surface area (Å²) in [5.41, 5.74) is 2.08. The number of nitrogens with one attached hydrogen (secondary N) is 1. The number of benzene rings is 2. The minimum absolute atomic E-state index is 0.0551. The molecule has 1 fully saturated rings. The summed E-state index contributed by atoms with van der Waals surface area (Å²) < 4.78 is 32.3. The van der Waals surface area contributed by atoms with Crippen LogP contribution < -0.4 is 14.4 Å². The van der Waals surface area contributed by atoms with Gasteiger partial charge in [0.15, 0.2) is 0 Å². The molecule has 0 bridgehead atoms. The number of rotatable bonds is 11. The Bertz CT molecular complexity index is 1190. The molecule has 37 heavy (non-hydrogen) atoms. The normalized spacial score (nSPS) is 14.9. The molecule has 2 amide bonds. The molecule has 1 N–H and O–H groups in total. The maximum Gasteiger partial charge on any atom is 0.244 e. The van der Waals surface area contributed by atoms with Gasteiger partial charge in [-0.2, -0.15) is 0 Å². The highest BCUT2D eigenvalue weighted by atomic mass is 32.2. The molecule has 3 rings (SSSR count). The van der Waals surface area contributed by atoms with Gasteiger partial charge < -0.3 is 15.0 Å². The van der Waals surface area contributed by atoms with Crippen LogP contribution in [-0.2, 0) is 26.2 Å². The lowest BCUT2D eigenvalue weighted by atomic mass is 10.0. The average Bonchev–Trinajstić information content (AvgIpc) is 3.37. The molecule has 1 aliphatic rings. The zero-order chi connectivity index (χ0) is 27.2. The summed E-state index contributed by atoms with van der Waals surface area (Å²) in [4.78, 5) is 28.5. The van der Waals surface area contributed by atoms with Crippen molar-refractivity contribution in [2.45, 2.75) is 71.0 Å². The summed E-state index contributed by atoms with van der Waals surface area (Å²) in [5.74, 6) is -0.00589. The van der Waals surface area contributed by atoms with Gasteiger partial charge in [-0.15, -0.1) is 0 Å². The van der Waals surface area contributed by atoms with E-state index in [1.807, 2.05) is 44.2 Å².